The lowest BCUT2D eigenvalue weighted by Gasteiger charge is -2.08. The zero-order valence-electron chi connectivity index (χ0n) is 16.7. The molecule has 0 aliphatic carbocycles. The summed E-state index contributed by atoms with van der Waals surface area (Å²) < 4.78 is 52.5. The summed E-state index contributed by atoms with van der Waals surface area (Å²) in [6, 6.07) is 7.82. The summed E-state index contributed by atoms with van der Waals surface area (Å²) in [6.07, 6.45) is -4.60. The minimum absolute atomic E-state index is 0.0418. The monoisotopic (exact) mass is 471 g/mol. The van der Waals surface area contributed by atoms with Crippen molar-refractivity contribution in [3.05, 3.63) is 63.9 Å². The Labute approximate surface area is 184 Å². The van der Waals surface area contributed by atoms with E-state index in [9.17, 15) is 22.4 Å². The predicted molar refractivity (Wildman–Crippen MR) is 110 cm³/mol. The Balaban J connectivity index is 1.72. The topological polar surface area (TPSA) is 48.4 Å². The van der Waals surface area contributed by atoms with Gasteiger partial charge < -0.3 is 0 Å². The normalized spacial score (nSPS) is 11.5. The molecule has 164 valence electrons. The lowest BCUT2D eigenvalue weighted by atomic mass is 10.1. The third-order valence-electron chi connectivity index (χ3n) is 4.18. The van der Waals surface area contributed by atoms with Crippen molar-refractivity contribution in [2.24, 2.45) is 0 Å². The zero-order valence-corrected chi connectivity index (χ0v) is 18.3. The number of alkyl halides is 3. The second-order valence-corrected chi connectivity index (χ2v) is 8.73. The van der Waals surface area contributed by atoms with Crippen molar-refractivity contribution in [2.45, 2.75) is 37.6 Å². The molecule has 4 nitrogen and oxygen atoms in total. The second-order valence-electron chi connectivity index (χ2n) is 6.59. The van der Waals surface area contributed by atoms with Crippen LogP contribution in [0.1, 0.15) is 28.6 Å². The number of hydrogen-bond acceptors (Lipinski definition) is 6. The molecule has 31 heavy (non-hydrogen) atoms. The molecular weight excluding hydrogens is 454 g/mol. The molecule has 0 atom stereocenters. The molecule has 1 aromatic heterocycles. The number of nitrogens with zero attached hydrogens (tertiary/aromatic N) is 1. The maximum atomic E-state index is 14.3. The van der Waals surface area contributed by atoms with Crippen molar-refractivity contribution >= 4 is 29.1 Å². The van der Waals surface area contributed by atoms with Crippen LogP contribution in [-0.2, 0) is 21.6 Å². The molecule has 3 rings (SSSR count). The molecule has 0 saturated heterocycles. The highest BCUT2D eigenvalue weighted by Gasteiger charge is 2.31. The SMILES string of the molecule is CC(=O)OOc1ccc(SCc2sc(-c3ccc(C(F)(F)F)cc3F)nc2C)cc1C. The van der Waals surface area contributed by atoms with Crippen LogP contribution < -0.4 is 4.89 Å². The van der Waals surface area contributed by atoms with Gasteiger partial charge in [0.2, 0.25) is 0 Å². The molecule has 0 saturated carbocycles. The fourth-order valence-electron chi connectivity index (χ4n) is 2.60. The third kappa shape index (κ3) is 5.76. The van der Waals surface area contributed by atoms with E-state index in [0.29, 0.717) is 28.3 Å². The van der Waals surface area contributed by atoms with Crippen molar-refractivity contribution in [3.63, 3.8) is 0 Å². The van der Waals surface area contributed by atoms with Gasteiger partial charge in [-0.3, -0.25) is 9.78 Å². The summed E-state index contributed by atoms with van der Waals surface area (Å²) in [6.45, 7) is 4.83. The number of aryl methyl sites for hydroxylation is 2. The Kier molecular flexibility index (Phi) is 6.90. The number of aromatic nitrogens is 1. The Morgan fingerprint density at radius 3 is 2.52 bits per heavy atom. The van der Waals surface area contributed by atoms with E-state index < -0.39 is 23.5 Å². The number of rotatable bonds is 6. The van der Waals surface area contributed by atoms with Crippen LogP contribution in [0.3, 0.4) is 0 Å². The highest BCUT2D eigenvalue weighted by Crippen LogP contribution is 2.37. The van der Waals surface area contributed by atoms with Crippen LogP contribution in [0, 0.1) is 19.7 Å². The molecule has 10 heteroatoms. The second kappa shape index (κ2) is 9.27. The van der Waals surface area contributed by atoms with Crippen LogP contribution in [0.2, 0.25) is 0 Å². The first kappa shape index (κ1) is 23.1. The number of halogens is 4. The highest BCUT2D eigenvalue weighted by atomic mass is 32.2. The van der Waals surface area contributed by atoms with Crippen molar-refractivity contribution in [3.8, 4) is 16.3 Å². The molecule has 0 N–H and O–H groups in total. The summed E-state index contributed by atoms with van der Waals surface area (Å²) >= 11 is 2.76. The van der Waals surface area contributed by atoms with Gasteiger partial charge in [0, 0.05) is 28.0 Å². The summed E-state index contributed by atoms with van der Waals surface area (Å²) in [7, 11) is 0. The maximum absolute atomic E-state index is 14.3. The van der Waals surface area contributed by atoms with Crippen molar-refractivity contribution in [2.75, 3.05) is 0 Å². The molecule has 2 aromatic carbocycles. The molecule has 0 spiro atoms. The van der Waals surface area contributed by atoms with Crippen LogP contribution in [-0.4, -0.2) is 11.0 Å². The van der Waals surface area contributed by atoms with E-state index in [2.05, 4.69) is 9.87 Å². The largest absolute Gasteiger partial charge is 0.416 e. The van der Waals surface area contributed by atoms with Gasteiger partial charge in [0.15, 0.2) is 5.75 Å². The summed E-state index contributed by atoms with van der Waals surface area (Å²) in [5, 5.41) is 0.334. The first-order valence-corrected chi connectivity index (χ1v) is 10.8. The summed E-state index contributed by atoms with van der Waals surface area (Å²) in [5.74, 6) is -0.538. The first-order valence-electron chi connectivity index (χ1n) is 8.96. The molecule has 3 aromatic rings. The third-order valence-corrected chi connectivity index (χ3v) is 6.58. The van der Waals surface area contributed by atoms with Crippen LogP contribution in [0.15, 0.2) is 41.3 Å². The van der Waals surface area contributed by atoms with E-state index in [-0.39, 0.29) is 5.56 Å². The molecule has 0 unspecified atom stereocenters. The van der Waals surface area contributed by atoms with Gasteiger partial charge in [-0.15, -0.1) is 23.1 Å². The molecule has 0 aliphatic rings. The van der Waals surface area contributed by atoms with Crippen molar-refractivity contribution in [1.82, 2.24) is 4.98 Å². The molecular formula is C21H17F4NO3S2. The van der Waals surface area contributed by atoms with Gasteiger partial charge in [-0.25, -0.2) is 14.2 Å². The zero-order chi connectivity index (χ0) is 22.8. The van der Waals surface area contributed by atoms with Gasteiger partial charge >= 0.3 is 12.1 Å². The highest BCUT2D eigenvalue weighted by molar-refractivity contribution is 7.98. The van der Waals surface area contributed by atoms with E-state index >= 15 is 0 Å². The van der Waals surface area contributed by atoms with E-state index in [4.69, 9.17) is 4.89 Å². The number of hydrogen-bond donors (Lipinski definition) is 0. The van der Waals surface area contributed by atoms with E-state index in [1.54, 1.807) is 13.0 Å². The molecule has 0 bridgehead atoms. The minimum Gasteiger partial charge on any atom is -0.287 e. The average molecular weight is 471 g/mol. The average Bonchev–Trinajstić information content (AvgIpc) is 3.05. The number of thioether (sulfide) groups is 1. The van der Waals surface area contributed by atoms with Crippen LogP contribution in [0.4, 0.5) is 17.6 Å². The fraction of sp³-hybridized carbons (Fsp3) is 0.238. The first-order chi connectivity index (χ1) is 14.5. The molecule has 0 aliphatic heterocycles. The van der Waals surface area contributed by atoms with E-state index in [1.165, 1.54) is 30.0 Å². The summed E-state index contributed by atoms with van der Waals surface area (Å²) in [5.41, 5.74) is 0.479. The maximum Gasteiger partial charge on any atom is 0.416 e. The lowest BCUT2D eigenvalue weighted by Crippen LogP contribution is -2.05. The van der Waals surface area contributed by atoms with Crippen LogP contribution in [0.5, 0.6) is 5.75 Å². The number of carbonyl (C=O) groups excluding carboxylic acids is 1. The van der Waals surface area contributed by atoms with Crippen LogP contribution in [0.25, 0.3) is 10.6 Å². The van der Waals surface area contributed by atoms with Gasteiger partial charge in [-0.1, -0.05) is 0 Å². The standard InChI is InChI=1S/C21H17F4NO3S2/c1-11-8-15(5-7-18(11)29-28-13(3)27)30-10-19-12(2)26-20(31-19)16-6-4-14(9-17(16)22)21(23,24)25/h4-9H,10H2,1-3H3. The molecule has 0 amide bonds. The Bertz CT molecular complexity index is 1110. The number of benzene rings is 2. The van der Waals surface area contributed by atoms with E-state index in [1.807, 2.05) is 19.1 Å². The fourth-order valence-corrected chi connectivity index (χ4v) is 4.83. The predicted octanol–water partition coefficient (Wildman–Crippen LogP) is 6.73. The molecule has 1 heterocycles. The van der Waals surface area contributed by atoms with Gasteiger partial charge in [-0.05, 0) is 55.8 Å². The van der Waals surface area contributed by atoms with Gasteiger partial charge in [0.25, 0.3) is 0 Å². The Morgan fingerprint density at radius 1 is 1.16 bits per heavy atom. The Morgan fingerprint density at radius 2 is 1.90 bits per heavy atom. The van der Waals surface area contributed by atoms with Gasteiger partial charge in [0.1, 0.15) is 10.8 Å². The van der Waals surface area contributed by atoms with E-state index in [0.717, 1.165) is 27.5 Å². The minimum atomic E-state index is -4.60. The molecule has 0 fully saturated rings. The van der Waals surface area contributed by atoms with Crippen molar-refractivity contribution in [1.29, 1.82) is 0 Å². The number of thiazole rings is 1. The smallest absolute Gasteiger partial charge is 0.287 e. The van der Waals surface area contributed by atoms with Gasteiger partial charge in [-0.2, -0.15) is 13.2 Å². The molecule has 0 radical (unpaired) electrons. The summed E-state index contributed by atoms with van der Waals surface area (Å²) in [4.78, 5) is 26.5. The number of carbonyl (C=O) groups is 1. The Hall–Kier alpha value is -2.59. The van der Waals surface area contributed by atoms with Crippen LogP contribution >= 0.6 is 23.1 Å². The quantitative estimate of drug-likeness (QED) is 0.173. The van der Waals surface area contributed by atoms with Crippen molar-refractivity contribution < 1.29 is 32.1 Å². The lowest BCUT2D eigenvalue weighted by molar-refractivity contribution is -0.211. The van der Waals surface area contributed by atoms with Gasteiger partial charge in [0.05, 0.1) is 11.3 Å².